The average molecular weight is 407 g/mol. The zero-order valence-corrected chi connectivity index (χ0v) is 17.6. The topological polar surface area (TPSA) is 14.2 Å². The molecule has 0 amide bonds. The summed E-state index contributed by atoms with van der Waals surface area (Å²) < 4.78 is 9.10. The van der Waals surface area contributed by atoms with Crippen molar-refractivity contribution in [1.82, 2.24) is 4.57 Å². The van der Waals surface area contributed by atoms with E-state index in [9.17, 15) is 0 Å². The van der Waals surface area contributed by atoms with E-state index in [0.29, 0.717) is 0 Å². The summed E-state index contributed by atoms with van der Waals surface area (Å²) in [5, 5.41) is 5.15. The highest BCUT2D eigenvalue weighted by molar-refractivity contribution is 7.00. The summed E-state index contributed by atoms with van der Waals surface area (Å²) in [6.45, 7) is 2.30. The van der Waals surface area contributed by atoms with E-state index in [0.717, 1.165) is 11.5 Å². The van der Waals surface area contributed by atoms with Crippen LogP contribution >= 0.6 is 0 Å². The van der Waals surface area contributed by atoms with Gasteiger partial charge in [-0.15, -0.1) is 0 Å². The lowest BCUT2D eigenvalue weighted by molar-refractivity contribution is 0.484. The van der Waals surface area contributed by atoms with Gasteiger partial charge >= 0.3 is 0 Å². The van der Waals surface area contributed by atoms with Gasteiger partial charge in [-0.05, 0) is 57.8 Å². The van der Waals surface area contributed by atoms with Crippen molar-refractivity contribution in [2.75, 3.05) is 0 Å². The van der Waals surface area contributed by atoms with Crippen LogP contribution in [-0.2, 0) is 0 Å². The van der Waals surface area contributed by atoms with Gasteiger partial charge in [-0.3, -0.25) is 0 Å². The number of benzene rings is 5. The number of rotatable bonds is 0. The van der Waals surface area contributed by atoms with Gasteiger partial charge in [0.05, 0.1) is 5.52 Å². The fraction of sp³-hybridized carbons (Fsp3) is 0.0345. The number of aryl methyl sites for hydroxylation is 1. The van der Waals surface area contributed by atoms with Crippen molar-refractivity contribution in [1.29, 1.82) is 0 Å². The minimum atomic E-state index is 0.148. The number of fused-ring (bicyclic) bond motifs is 9. The molecule has 0 fully saturated rings. The summed E-state index contributed by atoms with van der Waals surface area (Å²) in [6, 6.07) is 33.0. The van der Waals surface area contributed by atoms with Crippen molar-refractivity contribution in [3.8, 4) is 17.2 Å². The Kier molecular flexibility index (Phi) is 2.93. The van der Waals surface area contributed by atoms with Crippen molar-refractivity contribution >= 4 is 55.7 Å². The number of aromatic nitrogens is 1. The van der Waals surface area contributed by atoms with Crippen molar-refractivity contribution in [2.24, 2.45) is 0 Å². The Labute approximate surface area is 185 Å². The van der Waals surface area contributed by atoms with E-state index in [1.165, 1.54) is 60.2 Å². The maximum atomic E-state index is 6.65. The van der Waals surface area contributed by atoms with Crippen LogP contribution in [0.2, 0.25) is 0 Å². The van der Waals surface area contributed by atoms with E-state index in [-0.39, 0.29) is 6.71 Å². The fourth-order valence-electron chi connectivity index (χ4n) is 6.06. The Hall–Kier alpha value is -3.98. The summed E-state index contributed by atoms with van der Waals surface area (Å²) in [4.78, 5) is 0. The lowest BCUT2D eigenvalue weighted by atomic mass is 9.34. The molecular formula is C29H18BNO. The van der Waals surface area contributed by atoms with Crippen LogP contribution in [0.25, 0.3) is 38.3 Å². The first-order valence-corrected chi connectivity index (χ1v) is 11.2. The Balaban J connectivity index is 1.64. The molecule has 3 heteroatoms. The lowest BCUT2D eigenvalue weighted by Gasteiger charge is -2.34. The van der Waals surface area contributed by atoms with Crippen LogP contribution in [-0.4, -0.2) is 11.3 Å². The summed E-state index contributed by atoms with van der Waals surface area (Å²) in [5.74, 6) is 1.98. The highest BCUT2D eigenvalue weighted by Crippen LogP contribution is 2.39. The number of ether oxygens (including phenoxy) is 1. The SMILES string of the molecule is Cc1ccc2c3c1Oc1ccc4ccccc4c1B3c1cccc3c4ccccc4n-2c13. The quantitative estimate of drug-likeness (QED) is 0.316. The summed E-state index contributed by atoms with van der Waals surface area (Å²) in [7, 11) is 0. The fourth-order valence-corrected chi connectivity index (χ4v) is 6.06. The van der Waals surface area contributed by atoms with Gasteiger partial charge in [-0.2, -0.15) is 0 Å². The van der Waals surface area contributed by atoms with E-state index < -0.39 is 0 Å². The number of hydrogen-bond acceptors (Lipinski definition) is 1. The first-order valence-electron chi connectivity index (χ1n) is 11.2. The third kappa shape index (κ3) is 1.84. The van der Waals surface area contributed by atoms with E-state index >= 15 is 0 Å². The predicted molar refractivity (Wildman–Crippen MR) is 134 cm³/mol. The molecule has 0 radical (unpaired) electrons. The molecule has 8 rings (SSSR count). The molecule has 2 aliphatic heterocycles. The highest BCUT2D eigenvalue weighted by Gasteiger charge is 2.41. The van der Waals surface area contributed by atoms with Crippen LogP contribution in [0.3, 0.4) is 0 Å². The van der Waals surface area contributed by atoms with E-state index in [4.69, 9.17) is 4.74 Å². The maximum Gasteiger partial charge on any atom is 0.257 e. The maximum absolute atomic E-state index is 6.65. The van der Waals surface area contributed by atoms with Gasteiger partial charge in [-0.1, -0.05) is 72.8 Å². The number of para-hydroxylation sites is 2. The highest BCUT2D eigenvalue weighted by atomic mass is 16.5. The zero-order valence-electron chi connectivity index (χ0n) is 17.6. The molecule has 0 bridgehead atoms. The van der Waals surface area contributed by atoms with Crippen molar-refractivity contribution in [3.63, 3.8) is 0 Å². The molecule has 0 saturated heterocycles. The Bertz CT molecular complexity index is 1780. The van der Waals surface area contributed by atoms with Crippen LogP contribution in [0.4, 0.5) is 0 Å². The monoisotopic (exact) mass is 407 g/mol. The molecule has 0 spiro atoms. The second-order valence-electron chi connectivity index (χ2n) is 8.97. The zero-order chi connectivity index (χ0) is 21.0. The molecule has 32 heavy (non-hydrogen) atoms. The van der Waals surface area contributed by atoms with Crippen LogP contribution < -0.4 is 21.1 Å². The lowest BCUT2D eigenvalue weighted by Crippen LogP contribution is -2.58. The van der Waals surface area contributed by atoms with Gasteiger partial charge in [0.15, 0.2) is 0 Å². The molecule has 5 aromatic carbocycles. The molecule has 3 heterocycles. The first-order chi connectivity index (χ1) is 15.8. The van der Waals surface area contributed by atoms with E-state index in [2.05, 4.69) is 102 Å². The van der Waals surface area contributed by atoms with Crippen molar-refractivity contribution < 1.29 is 4.74 Å². The van der Waals surface area contributed by atoms with Crippen LogP contribution in [0.5, 0.6) is 11.5 Å². The molecule has 0 unspecified atom stereocenters. The Morgan fingerprint density at radius 2 is 1.50 bits per heavy atom. The van der Waals surface area contributed by atoms with Crippen LogP contribution in [0, 0.1) is 6.92 Å². The number of hydrogen-bond donors (Lipinski definition) is 0. The Morgan fingerprint density at radius 3 is 2.44 bits per heavy atom. The third-order valence-corrected chi connectivity index (χ3v) is 7.37. The van der Waals surface area contributed by atoms with E-state index in [1.54, 1.807) is 0 Å². The predicted octanol–water partition coefficient (Wildman–Crippen LogP) is 5.18. The van der Waals surface area contributed by atoms with Crippen molar-refractivity contribution in [3.05, 3.63) is 96.6 Å². The normalized spacial score (nSPS) is 13.3. The third-order valence-electron chi connectivity index (χ3n) is 7.37. The summed E-state index contributed by atoms with van der Waals surface area (Å²) in [6.07, 6.45) is 0. The van der Waals surface area contributed by atoms with E-state index in [1.807, 2.05) is 0 Å². The molecule has 2 nitrogen and oxygen atoms in total. The summed E-state index contributed by atoms with van der Waals surface area (Å²) in [5.41, 5.74) is 8.92. The first kappa shape index (κ1) is 16.7. The molecule has 6 aromatic rings. The van der Waals surface area contributed by atoms with Gasteiger partial charge in [0.1, 0.15) is 11.5 Å². The van der Waals surface area contributed by atoms with Gasteiger partial charge in [0.25, 0.3) is 6.71 Å². The van der Waals surface area contributed by atoms with Gasteiger partial charge in [0.2, 0.25) is 0 Å². The minimum Gasteiger partial charge on any atom is -0.458 e. The molecule has 1 aromatic heterocycles. The second kappa shape index (κ2) is 5.63. The van der Waals surface area contributed by atoms with Gasteiger partial charge in [-0.25, -0.2) is 0 Å². The van der Waals surface area contributed by atoms with Gasteiger partial charge < -0.3 is 9.30 Å². The molecule has 0 atom stereocenters. The molecular weight excluding hydrogens is 389 g/mol. The van der Waals surface area contributed by atoms with Crippen LogP contribution in [0.15, 0.2) is 91.0 Å². The molecule has 0 aliphatic carbocycles. The Morgan fingerprint density at radius 1 is 0.688 bits per heavy atom. The largest absolute Gasteiger partial charge is 0.458 e. The second-order valence-corrected chi connectivity index (χ2v) is 8.97. The molecule has 0 saturated carbocycles. The van der Waals surface area contributed by atoms with Gasteiger partial charge in [0, 0.05) is 22.0 Å². The smallest absolute Gasteiger partial charge is 0.257 e. The number of nitrogens with zero attached hydrogens (tertiary/aromatic N) is 1. The average Bonchev–Trinajstić information content (AvgIpc) is 3.18. The molecule has 2 aliphatic rings. The molecule has 0 N–H and O–H groups in total. The van der Waals surface area contributed by atoms with Crippen molar-refractivity contribution in [2.45, 2.75) is 6.92 Å². The summed E-state index contributed by atoms with van der Waals surface area (Å²) >= 11 is 0. The minimum absolute atomic E-state index is 0.148. The molecule has 148 valence electrons. The van der Waals surface area contributed by atoms with Crippen LogP contribution in [0.1, 0.15) is 5.56 Å². The standard InChI is InChI=1S/C29H18BNO/c1-17-13-15-24-27-29(17)32-25-16-14-18-7-2-3-8-19(18)26(25)30(27)22-11-6-10-21-20-9-4-5-12-23(20)31(24)28(21)22/h2-16H,1H3.